The van der Waals surface area contributed by atoms with Crippen LogP contribution < -0.4 is 5.32 Å². The van der Waals surface area contributed by atoms with Crippen molar-refractivity contribution in [3.63, 3.8) is 0 Å². The van der Waals surface area contributed by atoms with Crippen LogP contribution in [0.4, 0.5) is 0 Å². The zero-order valence-corrected chi connectivity index (χ0v) is 15.8. The smallest absolute Gasteiger partial charge is 0.357 e. The van der Waals surface area contributed by atoms with E-state index in [9.17, 15) is 9.59 Å². The maximum Gasteiger partial charge on any atom is 0.357 e. The van der Waals surface area contributed by atoms with Gasteiger partial charge in [0.15, 0.2) is 5.69 Å². The van der Waals surface area contributed by atoms with E-state index in [1.807, 2.05) is 18.2 Å². The van der Waals surface area contributed by atoms with Crippen LogP contribution in [0.15, 0.2) is 40.7 Å². The summed E-state index contributed by atoms with van der Waals surface area (Å²) >= 11 is 5.73. The van der Waals surface area contributed by atoms with Gasteiger partial charge >= 0.3 is 5.97 Å². The van der Waals surface area contributed by atoms with Crippen LogP contribution >= 0.6 is 24.0 Å². The number of benzene rings is 1. The number of esters is 1. The number of ether oxygens (including phenoxy) is 1. The van der Waals surface area contributed by atoms with Crippen LogP contribution in [0.25, 0.3) is 10.9 Å². The maximum absolute atomic E-state index is 12.3. The Kier molecular flexibility index (Phi) is 5.85. The van der Waals surface area contributed by atoms with Crippen molar-refractivity contribution in [3.8, 4) is 0 Å². The predicted octanol–water partition coefficient (Wildman–Crippen LogP) is 3.13. The van der Waals surface area contributed by atoms with Gasteiger partial charge < -0.3 is 10.1 Å². The lowest BCUT2D eigenvalue weighted by Gasteiger charge is -2.06. The van der Waals surface area contributed by atoms with E-state index in [0.29, 0.717) is 30.8 Å². The number of fused-ring (bicyclic) bond motifs is 1. The minimum absolute atomic E-state index is 0.203. The Bertz CT molecular complexity index is 956. The molecule has 0 bridgehead atoms. The molecule has 134 valence electrons. The molecule has 0 fully saturated rings. The highest BCUT2D eigenvalue weighted by molar-refractivity contribution is 7.80. The van der Waals surface area contributed by atoms with E-state index in [-0.39, 0.29) is 5.91 Å². The molecule has 0 aliphatic carbocycles. The van der Waals surface area contributed by atoms with Crippen LogP contribution in [0.1, 0.15) is 32.8 Å². The summed E-state index contributed by atoms with van der Waals surface area (Å²) in [5.41, 5.74) is 1.56. The molecule has 3 aromatic rings. The Morgan fingerprint density at radius 2 is 2.19 bits per heavy atom. The monoisotopic (exact) mass is 387 g/mol. The highest BCUT2D eigenvalue weighted by Gasteiger charge is 2.12. The highest BCUT2D eigenvalue weighted by Crippen LogP contribution is 2.20. The molecule has 1 N–H and O–H groups in total. The summed E-state index contributed by atoms with van der Waals surface area (Å²) in [6.45, 7) is 2.48. The third-order valence-electron chi connectivity index (χ3n) is 3.61. The van der Waals surface area contributed by atoms with Crippen molar-refractivity contribution in [1.29, 1.82) is 0 Å². The molecule has 0 aliphatic heterocycles. The molecule has 0 saturated carbocycles. The Morgan fingerprint density at radius 1 is 1.35 bits per heavy atom. The second kappa shape index (κ2) is 8.29. The van der Waals surface area contributed by atoms with Gasteiger partial charge in [-0.3, -0.25) is 9.78 Å². The first kappa shape index (κ1) is 18.3. The molecule has 2 heterocycles. The average molecular weight is 387 g/mol. The van der Waals surface area contributed by atoms with Gasteiger partial charge in [0.25, 0.3) is 5.91 Å². The first-order valence-electron chi connectivity index (χ1n) is 8.06. The van der Waals surface area contributed by atoms with Crippen molar-refractivity contribution in [1.82, 2.24) is 15.3 Å². The van der Waals surface area contributed by atoms with Gasteiger partial charge in [0.05, 0.1) is 22.7 Å². The molecule has 8 heteroatoms. The normalized spacial score (nSPS) is 10.7. The first-order chi connectivity index (χ1) is 12.6. The Balaban J connectivity index is 1.58. The van der Waals surface area contributed by atoms with E-state index in [0.717, 1.165) is 20.8 Å². The molecule has 0 unspecified atom stereocenters. The minimum atomic E-state index is -0.426. The summed E-state index contributed by atoms with van der Waals surface area (Å²) in [7, 11) is 0. The number of thiazole rings is 1. The van der Waals surface area contributed by atoms with E-state index in [1.165, 1.54) is 11.3 Å². The number of thiol groups is 1. The average Bonchev–Trinajstić information content (AvgIpc) is 3.11. The third-order valence-corrected chi connectivity index (χ3v) is 4.88. The summed E-state index contributed by atoms with van der Waals surface area (Å²) in [4.78, 5) is 33.2. The predicted molar refractivity (Wildman–Crippen MR) is 103 cm³/mol. The van der Waals surface area contributed by atoms with Crippen LogP contribution in [-0.4, -0.2) is 35.0 Å². The van der Waals surface area contributed by atoms with Crippen molar-refractivity contribution in [2.45, 2.75) is 18.2 Å². The summed E-state index contributed by atoms with van der Waals surface area (Å²) < 4.78 is 4.91. The molecule has 2 aromatic heterocycles. The van der Waals surface area contributed by atoms with Crippen LogP contribution in [0.3, 0.4) is 0 Å². The van der Waals surface area contributed by atoms with Gasteiger partial charge in [0.2, 0.25) is 0 Å². The number of hydrogen-bond donors (Lipinski definition) is 2. The zero-order chi connectivity index (χ0) is 18.5. The fourth-order valence-electron chi connectivity index (χ4n) is 2.38. The van der Waals surface area contributed by atoms with Gasteiger partial charge in [-0.15, -0.1) is 24.0 Å². The number of nitrogens with zero attached hydrogens (tertiary/aromatic N) is 2. The number of amides is 1. The van der Waals surface area contributed by atoms with E-state index >= 15 is 0 Å². The van der Waals surface area contributed by atoms with Gasteiger partial charge in [-0.25, -0.2) is 9.78 Å². The fraction of sp³-hybridized carbons (Fsp3) is 0.222. The Labute approximate surface area is 160 Å². The van der Waals surface area contributed by atoms with E-state index in [2.05, 4.69) is 27.9 Å². The number of nitrogens with one attached hydrogen (secondary N) is 1. The molecule has 0 saturated heterocycles. The molecule has 0 atom stereocenters. The molecular weight excluding hydrogens is 370 g/mol. The Hall–Kier alpha value is -2.45. The second-order valence-electron chi connectivity index (χ2n) is 5.43. The van der Waals surface area contributed by atoms with Gasteiger partial charge in [-0.1, -0.05) is 12.1 Å². The molecule has 0 spiro atoms. The zero-order valence-electron chi connectivity index (χ0n) is 14.1. The Morgan fingerprint density at radius 3 is 3.00 bits per heavy atom. The van der Waals surface area contributed by atoms with Gasteiger partial charge in [0.1, 0.15) is 0 Å². The van der Waals surface area contributed by atoms with E-state index < -0.39 is 5.97 Å². The van der Waals surface area contributed by atoms with Crippen molar-refractivity contribution in [2.75, 3.05) is 13.2 Å². The van der Waals surface area contributed by atoms with Crippen LogP contribution in [-0.2, 0) is 11.2 Å². The minimum Gasteiger partial charge on any atom is -0.461 e. The summed E-state index contributed by atoms with van der Waals surface area (Å²) in [6.07, 6.45) is 2.08. The third kappa shape index (κ3) is 4.20. The summed E-state index contributed by atoms with van der Waals surface area (Å²) in [5.74, 6) is -0.629. The molecule has 1 aromatic carbocycles. The number of para-hydroxylation sites is 1. The summed E-state index contributed by atoms with van der Waals surface area (Å²) in [6, 6.07) is 7.42. The quantitative estimate of drug-likeness (QED) is 0.502. The molecular formula is C18H17N3O3S2. The van der Waals surface area contributed by atoms with Crippen LogP contribution in [0.5, 0.6) is 0 Å². The largest absolute Gasteiger partial charge is 0.461 e. The van der Waals surface area contributed by atoms with Crippen molar-refractivity contribution >= 4 is 46.7 Å². The van der Waals surface area contributed by atoms with Gasteiger partial charge in [0, 0.05) is 34.8 Å². The SMILES string of the molecule is CCOC(=O)c1csc(CCNC(=O)c2cnc3c(S)cccc3c2)n1. The number of aromatic nitrogens is 2. The van der Waals surface area contributed by atoms with Crippen molar-refractivity contribution in [3.05, 3.63) is 52.1 Å². The molecule has 3 rings (SSSR count). The van der Waals surface area contributed by atoms with Gasteiger partial charge in [-0.2, -0.15) is 0 Å². The second-order valence-corrected chi connectivity index (χ2v) is 6.85. The van der Waals surface area contributed by atoms with Crippen LogP contribution in [0, 0.1) is 0 Å². The van der Waals surface area contributed by atoms with Crippen LogP contribution in [0.2, 0.25) is 0 Å². The van der Waals surface area contributed by atoms with Crippen molar-refractivity contribution < 1.29 is 14.3 Å². The molecule has 26 heavy (non-hydrogen) atoms. The number of pyridine rings is 1. The number of carbonyl (C=O) groups excluding carboxylic acids is 2. The number of carbonyl (C=O) groups is 2. The standard InChI is InChI=1S/C18H17N3O3S2/c1-2-24-18(23)13-10-26-15(21-13)6-7-19-17(22)12-8-11-4-3-5-14(25)16(11)20-9-12/h3-5,8-10,25H,2,6-7H2,1H3,(H,19,22). The lowest BCUT2D eigenvalue weighted by atomic mass is 10.1. The maximum atomic E-state index is 12.3. The lowest BCUT2D eigenvalue weighted by molar-refractivity contribution is 0.0520. The molecule has 1 amide bonds. The van der Waals surface area contributed by atoms with Gasteiger partial charge in [-0.05, 0) is 19.1 Å². The first-order valence-corrected chi connectivity index (χ1v) is 9.38. The molecule has 6 nitrogen and oxygen atoms in total. The number of hydrogen-bond acceptors (Lipinski definition) is 7. The lowest BCUT2D eigenvalue weighted by Crippen LogP contribution is -2.25. The molecule has 0 radical (unpaired) electrons. The van der Waals surface area contributed by atoms with E-state index in [1.54, 1.807) is 24.6 Å². The molecule has 0 aliphatic rings. The van der Waals surface area contributed by atoms with Crippen molar-refractivity contribution in [2.24, 2.45) is 0 Å². The number of rotatable bonds is 6. The fourth-order valence-corrected chi connectivity index (χ4v) is 3.42. The summed E-state index contributed by atoms with van der Waals surface area (Å²) in [5, 5.41) is 6.14. The topological polar surface area (TPSA) is 81.2 Å². The highest BCUT2D eigenvalue weighted by atomic mass is 32.1. The van der Waals surface area contributed by atoms with E-state index in [4.69, 9.17) is 4.74 Å².